The molecule has 6 heteroatoms. The van der Waals surface area contributed by atoms with Gasteiger partial charge < -0.3 is 9.11 Å². The van der Waals surface area contributed by atoms with Crippen molar-refractivity contribution >= 4 is 22.2 Å². The minimum absolute atomic E-state index is 0.362. The third-order valence-corrected chi connectivity index (χ3v) is 3.16. The maximum Gasteiger partial charge on any atom is 0.152 e. The van der Waals surface area contributed by atoms with E-state index < -0.39 is 22.2 Å². The van der Waals surface area contributed by atoms with Crippen molar-refractivity contribution in [2.45, 2.75) is 38.5 Å². The third-order valence-electron chi connectivity index (χ3n) is 1.89. The predicted octanol–water partition coefficient (Wildman–Crippen LogP) is 1.77. The number of hydrogen-bond donors (Lipinski definition) is 2. The van der Waals surface area contributed by atoms with Crippen LogP contribution in [0.1, 0.15) is 38.5 Å². The summed E-state index contributed by atoms with van der Waals surface area (Å²) in [6.07, 6.45) is 5.58. The molecule has 2 N–H and O–H groups in total. The summed E-state index contributed by atoms with van der Waals surface area (Å²) in [7, 11) is 0. The SMILES string of the molecule is O=S(O)CCCCCCCCS(=O)O. The van der Waals surface area contributed by atoms with Crippen LogP contribution in [-0.4, -0.2) is 29.0 Å². The Balaban J connectivity index is 2.99. The van der Waals surface area contributed by atoms with Gasteiger partial charge in [-0.3, -0.25) is 0 Å². The molecular weight excluding hydrogens is 224 g/mol. The standard InChI is InChI=1S/C8H18O4S2/c9-13(10)7-5-3-1-2-4-6-8-14(11)12/h1-8H2,(H,9,10)(H,11,12). The number of unbranched alkanes of at least 4 members (excludes halogenated alkanes) is 5. The number of rotatable bonds is 9. The first-order chi connectivity index (χ1) is 6.63. The van der Waals surface area contributed by atoms with Crippen molar-refractivity contribution in [2.24, 2.45) is 0 Å². The molecule has 0 amide bonds. The monoisotopic (exact) mass is 242 g/mol. The third kappa shape index (κ3) is 12.2. The van der Waals surface area contributed by atoms with Crippen LogP contribution in [-0.2, 0) is 22.2 Å². The Labute approximate surface area is 90.0 Å². The van der Waals surface area contributed by atoms with E-state index in [9.17, 15) is 8.42 Å². The second-order valence-electron chi connectivity index (χ2n) is 3.17. The van der Waals surface area contributed by atoms with Gasteiger partial charge in [-0.05, 0) is 12.8 Å². The molecule has 0 aromatic heterocycles. The molecule has 0 saturated heterocycles. The Morgan fingerprint density at radius 1 is 0.643 bits per heavy atom. The molecule has 0 radical (unpaired) electrons. The number of hydrogen-bond acceptors (Lipinski definition) is 2. The Morgan fingerprint density at radius 2 is 0.929 bits per heavy atom. The Bertz CT molecular complexity index is 164. The van der Waals surface area contributed by atoms with Gasteiger partial charge in [0.2, 0.25) is 0 Å². The lowest BCUT2D eigenvalue weighted by molar-refractivity contribution is 0.549. The molecule has 0 saturated carbocycles. The zero-order chi connectivity index (χ0) is 10.8. The molecule has 0 rings (SSSR count). The van der Waals surface area contributed by atoms with Crippen LogP contribution in [0.4, 0.5) is 0 Å². The molecule has 0 spiro atoms. The van der Waals surface area contributed by atoms with Gasteiger partial charge >= 0.3 is 0 Å². The molecule has 14 heavy (non-hydrogen) atoms. The van der Waals surface area contributed by atoms with E-state index in [1.807, 2.05) is 0 Å². The predicted molar refractivity (Wildman–Crippen MR) is 59.0 cm³/mol. The van der Waals surface area contributed by atoms with E-state index in [1.54, 1.807) is 0 Å². The summed E-state index contributed by atoms with van der Waals surface area (Å²) in [6, 6.07) is 0. The van der Waals surface area contributed by atoms with Crippen LogP contribution in [0.2, 0.25) is 0 Å². The lowest BCUT2D eigenvalue weighted by Gasteiger charge is -1.99. The first kappa shape index (κ1) is 14.2. The van der Waals surface area contributed by atoms with E-state index in [2.05, 4.69) is 0 Å². The van der Waals surface area contributed by atoms with Crippen LogP contribution in [0.15, 0.2) is 0 Å². The normalized spacial score (nSPS) is 15.3. The average molecular weight is 242 g/mol. The van der Waals surface area contributed by atoms with Crippen LogP contribution in [0.5, 0.6) is 0 Å². The second-order valence-corrected chi connectivity index (χ2v) is 5.27. The van der Waals surface area contributed by atoms with Gasteiger partial charge in [0.25, 0.3) is 0 Å². The summed E-state index contributed by atoms with van der Waals surface area (Å²) in [6.45, 7) is 0. The molecule has 86 valence electrons. The molecule has 0 fully saturated rings. The van der Waals surface area contributed by atoms with Gasteiger partial charge in [0.05, 0.1) is 0 Å². The molecule has 0 heterocycles. The summed E-state index contributed by atoms with van der Waals surface area (Å²) in [5, 5.41) is 0. The molecular formula is C8H18O4S2. The average Bonchev–Trinajstić information content (AvgIpc) is 2.08. The minimum atomic E-state index is -1.65. The van der Waals surface area contributed by atoms with E-state index in [0.717, 1.165) is 38.5 Å². The van der Waals surface area contributed by atoms with Gasteiger partial charge in [-0.25, -0.2) is 8.42 Å². The molecule has 2 atom stereocenters. The van der Waals surface area contributed by atoms with Crippen molar-refractivity contribution in [1.82, 2.24) is 0 Å². The van der Waals surface area contributed by atoms with Crippen molar-refractivity contribution in [3.63, 3.8) is 0 Å². The highest BCUT2D eigenvalue weighted by atomic mass is 32.2. The first-order valence-corrected chi connectivity index (χ1v) is 7.33. The van der Waals surface area contributed by atoms with Gasteiger partial charge in [0, 0.05) is 11.5 Å². The van der Waals surface area contributed by atoms with E-state index in [0.29, 0.717) is 11.5 Å². The first-order valence-electron chi connectivity index (χ1n) is 4.78. The fourth-order valence-electron chi connectivity index (χ4n) is 1.16. The molecule has 0 bridgehead atoms. The van der Waals surface area contributed by atoms with Gasteiger partial charge in [-0.1, -0.05) is 25.7 Å². The minimum Gasteiger partial charge on any atom is -0.306 e. The quantitative estimate of drug-likeness (QED) is 0.477. The second kappa shape index (κ2) is 9.76. The summed E-state index contributed by atoms with van der Waals surface area (Å²) in [5.74, 6) is 0.724. The Morgan fingerprint density at radius 3 is 1.21 bits per heavy atom. The van der Waals surface area contributed by atoms with Crippen LogP contribution < -0.4 is 0 Å². The molecule has 4 nitrogen and oxygen atoms in total. The van der Waals surface area contributed by atoms with Crippen molar-refractivity contribution in [3.8, 4) is 0 Å². The highest BCUT2D eigenvalue weighted by molar-refractivity contribution is 7.79. The lowest BCUT2D eigenvalue weighted by atomic mass is 10.1. The molecule has 0 aromatic rings. The fourth-order valence-corrected chi connectivity index (χ4v) is 2.06. The van der Waals surface area contributed by atoms with E-state index in [-0.39, 0.29) is 0 Å². The van der Waals surface area contributed by atoms with E-state index in [1.165, 1.54) is 0 Å². The maximum absolute atomic E-state index is 10.3. The smallest absolute Gasteiger partial charge is 0.152 e. The summed E-state index contributed by atoms with van der Waals surface area (Å²) >= 11 is -3.31. The van der Waals surface area contributed by atoms with Crippen molar-refractivity contribution in [1.29, 1.82) is 0 Å². The Kier molecular flexibility index (Phi) is 9.92. The molecule has 2 unspecified atom stereocenters. The molecule has 0 aromatic carbocycles. The van der Waals surface area contributed by atoms with Crippen LogP contribution in [0.25, 0.3) is 0 Å². The topological polar surface area (TPSA) is 74.6 Å². The molecule has 0 aliphatic carbocycles. The largest absolute Gasteiger partial charge is 0.306 e. The van der Waals surface area contributed by atoms with Crippen LogP contribution >= 0.6 is 0 Å². The lowest BCUT2D eigenvalue weighted by Crippen LogP contribution is -1.95. The van der Waals surface area contributed by atoms with Crippen molar-refractivity contribution in [3.05, 3.63) is 0 Å². The summed E-state index contributed by atoms with van der Waals surface area (Å²) in [5.41, 5.74) is 0. The highest BCUT2D eigenvalue weighted by Gasteiger charge is 1.96. The fraction of sp³-hybridized carbons (Fsp3) is 1.00. The molecule has 0 aliphatic rings. The van der Waals surface area contributed by atoms with Gasteiger partial charge in [0.15, 0.2) is 22.2 Å². The summed E-state index contributed by atoms with van der Waals surface area (Å²) < 4.78 is 37.4. The zero-order valence-corrected chi connectivity index (χ0v) is 9.82. The highest BCUT2D eigenvalue weighted by Crippen LogP contribution is 2.05. The van der Waals surface area contributed by atoms with Gasteiger partial charge in [0.1, 0.15) is 0 Å². The van der Waals surface area contributed by atoms with Gasteiger partial charge in [-0.15, -0.1) is 0 Å². The van der Waals surface area contributed by atoms with Crippen LogP contribution in [0, 0.1) is 0 Å². The maximum atomic E-state index is 10.3. The zero-order valence-electron chi connectivity index (χ0n) is 8.18. The van der Waals surface area contributed by atoms with Crippen LogP contribution in [0.3, 0.4) is 0 Å². The van der Waals surface area contributed by atoms with Crippen molar-refractivity contribution < 1.29 is 17.5 Å². The van der Waals surface area contributed by atoms with E-state index in [4.69, 9.17) is 9.11 Å². The summed E-state index contributed by atoms with van der Waals surface area (Å²) in [4.78, 5) is 0. The van der Waals surface area contributed by atoms with Gasteiger partial charge in [-0.2, -0.15) is 0 Å². The molecule has 0 aliphatic heterocycles. The van der Waals surface area contributed by atoms with E-state index >= 15 is 0 Å². The Hall–Kier alpha value is 0.220. The van der Waals surface area contributed by atoms with Crippen molar-refractivity contribution in [2.75, 3.05) is 11.5 Å².